The number of rotatable bonds is 3. The molecule has 0 unspecified atom stereocenters. The van der Waals surface area contributed by atoms with E-state index in [0.717, 1.165) is 16.9 Å². The first kappa shape index (κ1) is 16.4. The van der Waals surface area contributed by atoms with E-state index in [9.17, 15) is 4.79 Å². The highest BCUT2D eigenvalue weighted by atomic mass is 16.5. The summed E-state index contributed by atoms with van der Waals surface area (Å²) in [5.74, 6) is 1.83. The van der Waals surface area contributed by atoms with Crippen LogP contribution >= 0.6 is 0 Å². The maximum absolute atomic E-state index is 13.1. The fraction of sp³-hybridized carbons (Fsp3) is 0.238. The maximum Gasteiger partial charge on any atom is 0.258 e. The fourth-order valence-corrected chi connectivity index (χ4v) is 3.07. The SMILES string of the molecule is Cc1ccc(-c2ccc3c(c2)C(=O)N(Cc2ncc(C)o2)CCO3)cc1. The van der Waals surface area contributed by atoms with Gasteiger partial charge in [-0.25, -0.2) is 4.98 Å². The topological polar surface area (TPSA) is 55.6 Å². The molecule has 0 saturated carbocycles. The van der Waals surface area contributed by atoms with E-state index in [0.29, 0.717) is 36.9 Å². The molecule has 0 spiro atoms. The molecule has 0 aliphatic carbocycles. The Morgan fingerprint density at radius 3 is 2.58 bits per heavy atom. The predicted octanol–water partition coefficient (Wildman–Crippen LogP) is 3.99. The van der Waals surface area contributed by atoms with Gasteiger partial charge in [-0.1, -0.05) is 35.9 Å². The molecule has 5 nitrogen and oxygen atoms in total. The summed E-state index contributed by atoms with van der Waals surface area (Å²) in [7, 11) is 0. The number of fused-ring (bicyclic) bond motifs is 1. The number of hydrogen-bond acceptors (Lipinski definition) is 4. The molecule has 0 saturated heterocycles. The minimum Gasteiger partial charge on any atom is -0.491 e. The first-order valence-electron chi connectivity index (χ1n) is 8.64. The number of aromatic nitrogens is 1. The molecular formula is C21H20N2O3. The molecule has 2 aromatic carbocycles. The predicted molar refractivity (Wildman–Crippen MR) is 98.1 cm³/mol. The highest BCUT2D eigenvalue weighted by Crippen LogP contribution is 2.30. The summed E-state index contributed by atoms with van der Waals surface area (Å²) < 4.78 is 11.3. The number of hydrogen-bond donors (Lipinski definition) is 0. The summed E-state index contributed by atoms with van der Waals surface area (Å²) in [6.07, 6.45) is 1.66. The molecule has 1 aromatic heterocycles. The van der Waals surface area contributed by atoms with Crippen molar-refractivity contribution in [1.82, 2.24) is 9.88 Å². The molecule has 4 rings (SSSR count). The fourth-order valence-electron chi connectivity index (χ4n) is 3.07. The lowest BCUT2D eigenvalue weighted by atomic mass is 10.0. The zero-order valence-corrected chi connectivity index (χ0v) is 14.9. The van der Waals surface area contributed by atoms with E-state index in [4.69, 9.17) is 9.15 Å². The van der Waals surface area contributed by atoms with Crippen LogP contribution in [0, 0.1) is 13.8 Å². The quantitative estimate of drug-likeness (QED) is 0.718. The molecule has 1 amide bonds. The average molecular weight is 348 g/mol. The smallest absolute Gasteiger partial charge is 0.258 e. The van der Waals surface area contributed by atoms with Crippen LogP contribution in [-0.2, 0) is 6.54 Å². The first-order chi connectivity index (χ1) is 12.6. The molecule has 2 heterocycles. The summed E-state index contributed by atoms with van der Waals surface area (Å²) in [4.78, 5) is 19.0. The number of nitrogens with zero attached hydrogens (tertiary/aromatic N) is 2. The number of carbonyl (C=O) groups is 1. The molecule has 0 fully saturated rings. The van der Waals surface area contributed by atoms with Crippen LogP contribution in [0.15, 0.2) is 53.1 Å². The highest BCUT2D eigenvalue weighted by molar-refractivity contribution is 5.98. The van der Waals surface area contributed by atoms with Crippen LogP contribution in [0.2, 0.25) is 0 Å². The van der Waals surface area contributed by atoms with Crippen molar-refractivity contribution >= 4 is 5.91 Å². The largest absolute Gasteiger partial charge is 0.491 e. The van der Waals surface area contributed by atoms with Gasteiger partial charge in [0.15, 0.2) is 0 Å². The van der Waals surface area contributed by atoms with Crippen molar-refractivity contribution in [2.45, 2.75) is 20.4 Å². The summed E-state index contributed by atoms with van der Waals surface area (Å²) in [5, 5.41) is 0. The zero-order valence-electron chi connectivity index (χ0n) is 14.9. The zero-order chi connectivity index (χ0) is 18.1. The van der Waals surface area contributed by atoms with E-state index in [2.05, 4.69) is 36.2 Å². The van der Waals surface area contributed by atoms with Gasteiger partial charge in [0.1, 0.15) is 18.1 Å². The van der Waals surface area contributed by atoms with Crippen LogP contribution in [0.5, 0.6) is 5.75 Å². The van der Waals surface area contributed by atoms with Gasteiger partial charge in [0.05, 0.1) is 24.8 Å². The third-order valence-electron chi connectivity index (χ3n) is 4.50. The maximum atomic E-state index is 13.1. The van der Waals surface area contributed by atoms with Crippen molar-refractivity contribution in [2.24, 2.45) is 0 Å². The van der Waals surface area contributed by atoms with Gasteiger partial charge in [-0.05, 0) is 37.1 Å². The third kappa shape index (κ3) is 3.20. The Labute approximate surface area is 152 Å². The molecule has 0 atom stereocenters. The molecule has 0 bridgehead atoms. The molecule has 26 heavy (non-hydrogen) atoms. The second-order valence-corrected chi connectivity index (χ2v) is 6.52. The van der Waals surface area contributed by atoms with Gasteiger partial charge in [0, 0.05) is 0 Å². The van der Waals surface area contributed by atoms with Crippen LogP contribution in [0.25, 0.3) is 11.1 Å². The number of aryl methyl sites for hydroxylation is 2. The highest BCUT2D eigenvalue weighted by Gasteiger charge is 2.25. The lowest BCUT2D eigenvalue weighted by Crippen LogP contribution is -2.32. The molecule has 1 aliphatic heterocycles. The molecule has 5 heteroatoms. The Hall–Kier alpha value is -3.08. The van der Waals surface area contributed by atoms with E-state index in [1.807, 2.05) is 25.1 Å². The summed E-state index contributed by atoms with van der Waals surface area (Å²) >= 11 is 0. The van der Waals surface area contributed by atoms with Gasteiger partial charge < -0.3 is 14.1 Å². The molecule has 1 aliphatic rings. The number of ether oxygens (including phenoxy) is 1. The number of oxazole rings is 1. The lowest BCUT2D eigenvalue weighted by Gasteiger charge is -2.18. The van der Waals surface area contributed by atoms with Crippen molar-refractivity contribution < 1.29 is 13.9 Å². The van der Waals surface area contributed by atoms with Crippen LogP contribution in [0.4, 0.5) is 0 Å². The summed E-state index contributed by atoms with van der Waals surface area (Å²) in [6, 6.07) is 14.0. The molecule has 132 valence electrons. The molecule has 3 aromatic rings. The van der Waals surface area contributed by atoms with E-state index in [-0.39, 0.29) is 5.91 Å². The van der Waals surface area contributed by atoms with Crippen LogP contribution in [-0.4, -0.2) is 28.9 Å². The van der Waals surface area contributed by atoms with Crippen molar-refractivity contribution in [3.63, 3.8) is 0 Å². The Kier molecular flexibility index (Phi) is 4.21. The Morgan fingerprint density at radius 2 is 1.85 bits per heavy atom. The van der Waals surface area contributed by atoms with E-state index < -0.39 is 0 Å². The summed E-state index contributed by atoms with van der Waals surface area (Å²) in [5.41, 5.74) is 3.85. The van der Waals surface area contributed by atoms with Gasteiger partial charge in [-0.2, -0.15) is 0 Å². The number of benzene rings is 2. The Morgan fingerprint density at radius 1 is 1.08 bits per heavy atom. The van der Waals surface area contributed by atoms with Crippen molar-refractivity contribution in [1.29, 1.82) is 0 Å². The minimum absolute atomic E-state index is 0.0673. The van der Waals surface area contributed by atoms with E-state index >= 15 is 0 Å². The van der Waals surface area contributed by atoms with Gasteiger partial charge >= 0.3 is 0 Å². The first-order valence-corrected chi connectivity index (χ1v) is 8.64. The minimum atomic E-state index is -0.0673. The molecular weight excluding hydrogens is 328 g/mol. The van der Waals surface area contributed by atoms with Crippen molar-refractivity contribution in [3.05, 3.63) is 71.4 Å². The second-order valence-electron chi connectivity index (χ2n) is 6.52. The van der Waals surface area contributed by atoms with Gasteiger partial charge in [0.25, 0.3) is 5.91 Å². The van der Waals surface area contributed by atoms with Gasteiger partial charge in [0.2, 0.25) is 5.89 Å². The van der Waals surface area contributed by atoms with Crippen molar-refractivity contribution in [3.8, 4) is 16.9 Å². The number of carbonyl (C=O) groups excluding carboxylic acids is 1. The lowest BCUT2D eigenvalue weighted by molar-refractivity contribution is 0.0727. The average Bonchev–Trinajstić information content (AvgIpc) is 2.99. The van der Waals surface area contributed by atoms with Crippen LogP contribution < -0.4 is 4.74 Å². The normalized spacial score (nSPS) is 13.9. The Bertz CT molecular complexity index is 944. The monoisotopic (exact) mass is 348 g/mol. The molecule has 0 radical (unpaired) electrons. The van der Waals surface area contributed by atoms with Gasteiger partial charge in [-0.3, -0.25) is 4.79 Å². The van der Waals surface area contributed by atoms with E-state index in [1.165, 1.54) is 5.56 Å². The number of amides is 1. The second kappa shape index (κ2) is 6.67. The van der Waals surface area contributed by atoms with Crippen molar-refractivity contribution in [2.75, 3.05) is 13.2 Å². The summed E-state index contributed by atoms with van der Waals surface area (Å²) in [6.45, 7) is 5.18. The van der Waals surface area contributed by atoms with Crippen LogP contribution in [0.1, 0.15) is 27.6 Å². The molecule has 0 N–H and O–H groups in total. The van der Waals surface area contributed by atoms with Gasteiger partial charge in [-0.15, -0.1) is 0 Å². The Balaban J connectivity index is 1.66. The van der Waals surface area contributed by atoms with E-state index in [1.54, 1.807) is 11.1 Å². The van der Waals surface area contributed by atoms with Crippen LogP contribution in [0.3, 0.4) is 0 Å². The standard InChI is InChI=1S/C21H20N2O3/c1-14-3-5-16(6-4-14)17-7-8-19-18(11-17)21(24)23(9-10-25-19)13-20-22-12-15(2)26-20/h3-8,11-12H,9-10,13H2,1-2H3. The third-order valence-corrected chi connectivity index (χ3v) is 4.50.